The summed E-state index contributed by atoms with van der Waals surface area (Å²) in [5.41, 5.74) is 3.66. The van der Waals surface area contributed by atoms with Crippen LogP contribution in [0.4, 0.5) is 5.69 Å². The highest BCUT2D eigenvalue weighted by molar-refractivity contribution is 7.92. The number of quaternary nitrogens is 1. The topological polar surface area (TPSA) is 72.0 Å². The Bertz CT molecular complexity index is 1090. The van der Waals surface area contributed by atoms with Gasteiger partial charge in [0.05, 0.1) is 24.2 Å². The lowest BCUT2D eigenvalue weighted by Crippen LogP contribution is -3.00. The summed E-state index contributed by atoms with van der Waals surface area (Å²) in [7, 11) is -1.94. The highest BCUT2D eigenvalue weighted by Crippen LogP contribution is 2.34. The van der Waals surface area contributed by atoms with Gasteiger partial charge in [-0.2, -0.15) is 0 Å². The van der Waals surface area contributed by atoms with Gasteiger partial charge in [0, 0.05) is 17.5 Å². The third-order valence-electron chi connectivity index (χ3n) is 5.08. The fourth-order valence-corrected chi connectivity index (χ4v) is 5.02. The van der Waals surface area contributed by atoms with Gasteiger partial charge in [0.15, 0.2) is 0 Å². The van der Waals surface area contributed by atoms with Crippen LogP contribution < -0.4 is 27.2 Å². The molecule has 0 bridgehead atoms. The zero-order valence-electron chi connectivity index (χ0n) is 16.0. The monoisotopic (exact) mass is 430 g/mol. The molecule has 3 aromatic carbocycles. The van der Waals surface area contributed by atoms with Gasteiger partial charge < -0.3 is 22.5 Å². The molecule has 7 heteroatoms. The van der Waals surface area contributed by atoms with Crippen LogP contribution in [0.15, 0.2) is 77.7 Å². The maximum absolute atomic E-state index is 12.8. The van der Waals surface area contributed by atoms with E-state index >= 15 is 0 Å². The zero-order valence-corrected chi connectivity index (χ0v) is 17.6. The van der Waals surface area contributed by atoms with Crippen molar-refractivity contribution in [3.63, 3.8) is 0 Å². The largest absolute Gasteiger partial charge is 1.00 e. The van der Waals surface area contributed by atoms with Crippen molar-refractivity contribution in [3.05, 3.63) is 89.5 Å². The molecule has 0 spiro atoms. The first-order valence-corrected chi connectivity index (χ1v) is 10.7. The van der Waals surface area contributed by atoms with E-state index in [0.29, 0.717) is 10.6 Å². The molecule has 0 amide bonds. The van der Waals surface area contributed by atoms with Gasteiger partial charge in [-0.25, -0.2) is 8.42 Å². The SMILES string of the molecule is COc1ccc(CC[NH2+]C2c3ccccc3NS(=O)(=O)c3ccccc32)cc1.[Cl-]. The van der Waals surface area contributed by atoms with Crippen LogP contribution in [-0.4, -0.2) is 22.1 Å². The second-order valence-electron chi connectivity index (χ2n) is 6.83. The van der Waals surface area contributed by atoms with Crippen LogP contribution in [0, 0.1) is 0 Å². The number of nitrogens with two attached hydrogens (primary N) is 1. The van der Waals surface area contributed by atoms with Crippen molar-refractivity contribution < 1.29 is 30.9 Å². The highest BCUT2D eigenvalue weighted by atomic mass is 35.5. The molecule has 0 aliphatic carbocycles. The average molecular weight is 431 g/mol. The second-order valence-corrected chi connectivity index (χ2v) is 8.48. The highest BCUT2D eigenvalue weighted by Gasteiger charge is 2.32. The van der Waals surface area contributed by atoms with Crippen molar-refractivity contribution in [2.24, 2.45) is 0 Å². The normalized spacial score (nSPS) is 16.4. The third-order valence-corrected chi connectivity index (χ3v) is 6.52. The molecular formula is C22H23ClN2O3S. The Morgan fingerprint density at radius 2 is 1.59 bits per heavy atom. The summed E-state index contributed by atoms with van der Waals surface area (Å²) in [4.78, 5) is 0.344. The quantitative estimate of drug-likeness (QED) is 0.584. The average Bonchev–Trinajstić information content (AvgIpc) is 2.81. The Morgan fingerprint density at radius 3 is 2.31 bits per heavy atom. The summed E-state index contributed by atoms with van der Waals surface area (Å²) in [5.74, 6) is 0.843. The van der Waals surface area contributed by atoms with Gasteiger partial charge in [-0.15, -0.1) is 0 Å². The van der Waals surface area contributed by atoms with Gasteiger partial charge in [-0.3, -0.25) is 4.72 Å². The summed E-state index contributed by atoms with van der Waals surface area (Å²) in [5, 5.41) is 2.21. The van der Waals surface area contributed by atoms with E-state index < -0.39 is 10.0 Å². The Morgan fingerprint density at radius 1 is 0.931 bits per heavy atom. The number of sulfonamides is 1. The van der Waals surface area contributed by atoms with Gasteiger partial charge >= 0.3 is 0 Å². The maximum Gasteiger partial charge on any atom is 0.262 e. The molecule has 1 aliphatic rings. The first kappa shape index (κ1) is 21.2. The first-order valence-electron chi connectivity index (χ1n) is 9.25. The predicted octanol–water partition coefficient (Wildman–Crippen LogP) is -0.291. The van der Waals surface area contributed by atoms with Crippen molar-refractivity contribution in [2.45, 2.75) is 17.4 Å². The Balaban J connectivity index is 0.00000240. The number of nitrogens with one attached hydrogen (secondary N) is 1. The van der Waals surface area contributed by atoms with Crippen molar-refractivity contribution in [3.8, 4) is 5.75 Å². The third kappa shape index (κ3) is 4.40. The summed E-state index contributed by atoms with van der Waals surface area (Å²) in [6.45, 7) is 0.833. The Labute approximate surface area is 177 Å². The van der Waals surface area contributed by atoms with E-state index in [4.69, 9.17) is 4.74 Å². The second kappa shape index (κ2) is 8.86. The fraction of sp³-hybridized carbons (Fsp3) is 0.182. The molecule has 0 radical (unpaired) electrons. The van der Waals surface area contributed by atoms with Crippen molar-refractivity contribution in [1.82, 2.24) is 0 Å². The molecule has 0 saturated carbocycles. The summed E-state index contributed by atoms with van der Waals surface area (Å²) < 4.78 is 33.6. The molecule has 1 heterocycles. The van der Waals surface area contributed by atoms with Gasteiger partial charge in [0.25, 0.3) is 10.0 Å². The minimum atomic E-state index is -3.59. The molecule has 29 heavy (non-hydrogen) atoms. The van der Waals surface area contributed by atoms with E-state index in [1.807, 2.05) is 48.5 Å². The molecule has 4 rings (SSSR count). The molecule has 0 fully saturated rings. The minimum Gasteiger partial charge on any atom is -1.00 e. The van der Waals surface area contributed by atoms with Crippen LogP contribution >= 0.6 is 0 Å². The van der Waals surface area contributed by atoms with E-state index in [1.165, 1.54) is 5.56 Å². The number of hydrogen-bond donors (Lipinski definition) is 2. The van der Waals surface area contributed by atoms with Gasteiger partial charge in [-0.05, 0) is 29.8 Å². The molecular weight excluding hydrogens is 408 g/mol. The fourth-order valence-electron chi connectivity index (χ4n) is 3.67. The van der Waals surface area contributed by atoms with Crippen LogP contribution in [-0.2, 0) is 16.4 Å². The number of ether oxygens (including phenoxy) is 1. The van der Waals surface area contributed by atoms with Gasteiger partial charge in [0.1, 0.15) is 11.8 Å². The maximum atomic E-state index is 12.8. The van der Waals surface area contributed by atoms with E-state index in [0.717, 1.165) is 29.8 Å². The van der Waals surface area contributed by atoms with Gasteiger partial charge in [0.2, 0.25) is 0 Å². The number of methoxy groups -OCH3 is 1. The smallest absolute Gasteiger partial charge is 0.262 e. The summed E-state index contributed by atoms with van der Waals surface area (Å²) in [6.07, 6.45) is 0.880. The molecule has 0 saturated heterocycles. The standard InChI is InChI=1S/C22H22N2O3S.ClH/c1-27-17-12-10-16(11-13-17)14-15-23-22-18-6-2-4-8-20(18)24-28(25,26)21-9-5-3-7-19(21)22;/h2-13,22-24H,14-15H2,1H3;1H. The number of benzene rings is 3. The molecule has 152 valence electrons. The van der Waals surface area contributed by atoms with Gasteiger partial charge in [-0.1, -0.05) is 48.5 Å². The van der Waals surface area contributed by atoms with Crippen molar-refractivity contribution in [1.29, 1.82) is 0 Å². The van der Waals surface area contributed by atoms with E-state index in [2.05, 4.69) is 22.2 Å². The van der Waals surface area contributed by atoms with Crippen LogP contribution in [0.1, 0.15) is 22.7 Å². The van der Waals surface area contributed by atoms with Crippen molar-refractivity contribution >= 4 is 15.7 Å². The number of hydrogen-bond acceptors (Lipinski definition) is 3. The molecule has 0 aromatic heterocycles. The lowest BCUT2D eigenvalue weighted by molar-refractivity contribution is -0.686. The predicted molar refractivity (Wildman–Crippen MR) is 109 cm³/mol. The number of halogens is 1. The number of rotatable bonds is 5. The van der Waals surface area contributed by atoms with E-state index in [-0.39, 0.29) is 18.4 Å². The molecule has 3 aromatic rings. The number of para-hydroxylation sites is 1. The Hall–Kier alpha value is -2.54. The number of fused-ring (bicyclic) bond motifs is 2. The summed E-state index contributed by atoms with van der Waals surface area (Å²) >= 11 is 0. The minimum absolute atomic E-state index is 0. The van der Waals surface area contributed by atoms with Crippen molar-refractivity contribution in [2.75, 3.05) is 18.4 Å². The van der Waals surface area contributed by atoms with Crippen LogP contribution in [0.3, 0.4) is 0 Å². The summed E-state index contributed by atoms with van der Waals surface area (Å²) in [6, 6.07) is 22.8. The van der Waals surface area contributed by atoms with Crippen LogP contribution in [0.5, 0.6) is 5.75 Å². The molecule has 1 unspecified atom stereocenters. The van der Waals surface area contributed by atoms with Crippen LogP contribution in [0.2, 0.25) is 0 Å². The number of anilines is 1. The molecule has 5 nitrogen and oxygen atoms in total. The van der Waals surface area contributed by atoms with E-state index in [1.54, 1.807) is 19.2 Å². The van der Waals surface area contributed by atoms with Crippen LogP contribution in [0.25, 0.3) is 0 Å². The molecule has 1 atom stereocenters. The zero-order chi connectivity index (χ0) is 19.6. The molecule has 1 aliphatic heterocycles. The first-order chi connectivity index (χ1) is 13.6. The van der Waals surface area contributed by atoms with E-state index in [9.17, 15) is 8.42 Å². The Kier molecular flexibility index (Phi) is 6.47. The lowest BCUT2D eigenvalue weighted by Gasteiger charge is -2.17. The molecule has 3 N–H and O–H groups in total. The lowest BCUT2D eigenvalue weighted by atomic mass is 9.97.